The second-order valence-corrected chi connectivity index (χ2v) is 5.15. The van der Waals surface area contributed by atoms with E-state index in [0.29, 0.717) is 10.9 Å². The Bertz CT molecular complexity index is 651. The van der Waals surface area contributed by atoms with Crippen molar-refractivity contribution >= 4 is 11.0 Å². The molecule has 0 bridgehead atoms. The molecule has 102 valence electrons. The average molecular weight is 264 g/mol. The zero-order valence-electron chi connectivity index (χ0n) is 10.8. The van der Waals surface area contributed by atoms with Crippen LogP contribution in [0.2, 0.25) is 0 Å². The highest BCUT2D eigenvalue weighted by Crippen LogP contribution is 2.26. The molecule has 0 spiro atoms. The number of phenols is 1. The van der Waals surface area contributed by atoms with Crippen molar-refractivity contribution in [2.75, 3.05) is 0 Å². The number of rotatable bonds is 3. The van der Waals surface area contributed by atoms with Crippen LogP contribution in [0.3, 0.4) is 0 Å². The van der Waals surface area contributed by atoms with Crippen molar-refractivity contribution in [1.82, 2.24) is 0 Å². The molecule has 2 rings (SSSR count). The largest absolute Gasteiger partial charge is 0.508 e. The van der Waals surface area contributed by atoms with Gasteiger partial charge in [-0.2, -0.15) is 0 Å². The molecule has 1 atom stereocenters. The monoisotopic (exact) mass is 264 g/mol. The Morgan fingerprint density at radius 2 is 2.00 bits per heavy atom. The molecule has 2 aromatic rings. The molecule has 0 unspecified atom stereocenters. The van der Waals surface area contributed by atoms with Gasteiger partial charge in [0.1, 0.15) is 11.3 Å². The molecule has 1 aromatic carbocycles. The highest BCUT2D eigenvalue weighted by Gasteiger charge is 2.25. The first-order chi connectivity index (χ1) is 8.77. The van der Waals surface area contributed by atoms with Gasteiger partial charge in [0, 0.05) is 23.9 Å². The van der Waals surface area contributed by atoms with Crippen LogP contribution in [0.15, 0.2) is 33.5 Å². The standard InChI is InChI=1S/C14H16O5/c1-14(2,18)12(16)6-9-5-8-3-4-13(17)19-11(8)7-10(9)15/h3-5,7,12,15-16,18H,6H2,1-2H3/t12-/m1/s1. The van der Waals surface area contributed by atoms with Gasteiger partial charge < -0.3 is 19.7 Å². The molecule has 0 aliphatic rings. The molecule has 0 aliphatic heterocycles. The van der Waals surface area contributed by atoms with Gasteiger partial charge in [0.05, 0.1) is 11.7 Å². The third-order valence-corrected chi connectivity index (χ3v) is 3.05. The summed E-state index contributed by atoms with van der Waals surface area (Å²) in [5, 5.41) is 30.0. The molecular formula is C14H16O5. The highest BCUT2D eigenvalue weighted by molar-refractivity contribution is 5.79. The van der Waals surface area contributed by atoms with E-state index >= 15 is 0 Å². The molecule has 1 heterocycles. The molecule has 0 radical (unpaired) electrons. The molecule has 3 N–H and O–H groups in total. The van der Waals surface area contributed by atoms with Crippen LogP contribution >= 0.6 is 0 Å². The normalized spacial score (nSPS) is 13.7. The predicted octanol–water partition coefficient (Wildman–Crippen LogP) is 1.17. The van der Waals surface area contributed by atoms with Gasteiger partial charge in [-0.1, -0.05) is 0 Å². The van der Waals surface area contributed by atoms with Crippen molar-refractivity contribution in [1.29, 1.82) is 0 Å². The van der Waals surface area contributed by atoms with Crippen molar-refractivity contribution in [3.8, 4) is 5.75 Å². The van der Waals surface area contributed by atoms with E-state index in [1.807, 2.05) is 0 Å². The SMILES string of the molecule is CC(C)(O)[C@H](O)Cc1cc2ccc(=O)oc2cc1O. The molecular weight excluding hydrogens is 248 g/mol. The Morgan fingerprint density at radius 3 is 2.63 bits per heavy atom. The Balaban J connectivity index is 2.42. The van der Waals surface area contributed by atoms with Crippen LogP contribution in [0.1, 0.15) is 19.4 Å². The topological polar surface area (TPSA) is 90.9 Å². The van der Waals surface area contributed by atoms with Gasteiger partial charge >= 0.3 is 5.63 Å². The van der Waals surface area contributed by atoms with E-state index in [0.717, 1.165) is 0 Å². The molecule has 19 heavy (non-hydrogen) atoms. The minimum atomic E-state index is -1.26. The average Bonchev–Trinajstić information content (AvgIpc) is 2.29. The molecule has 0 saturated heterocycles. The second kappa shape index (κ2) is 4.68. The first-order valence-corrected chi connectivity index (χ1v) is 5.93. The zero-order chi connectivity index (χ0) is 14.2. The van der Waals surface area contributed by atoms with Crippen LogP contribution in [0.4, 0.5) is 0 Å². The van der Waals surface area contributed by atoms with Gasteiger partial charge in [0.15, 0.2) is 0 Å². The summed E-state index contributed by atoms with van der Waals surface area (Å²) in [7, 11) is 0. The third-order valence-electron chi connectivity index (χ3n) is 3.05. The minimum Gasteiger partial charge on any atom is -0.508 e. The van der Waals surface area contributed by atoms with Crippen LogP contribution in [-0.4, -0.2) is 27.0 Å². The lowest BCUT2D eigenvalue weighted by atomic mass is 9.94. The van der Waals surface area contributed by atoms with Crippen LogP contribution < -0.4 is 5.63 Å². The maximum absolute atomic E-state index is 11.1. The van der Waals surface area contributed by atoms with Crippen molar-refractivity contribution in [3.63, 3.8) is 0 Å². The fourth-order valence-corrected chi connectivity index (χ4v) is 1.77. The Hall–Kier alpha value is -1.85. The van der Waals surface area contributed by atoms with Crippen LogP contribution in [-0.2, 0) is 6.42 Å². The first-order valence-electron chi connectivity index (χ1n) is 5.93. The molecule has 5 nitrogen and oxygen atoms in total. The lowest BCUT2D eigenvalue weighted by Gasteiger charge is -2.24. The molecule has 0 amide bonds. The lowest BCUT2D eigenvalue weighted by Crippen LogP contribution is -2.37. The fraction of sp³-hybridized carbons (Fsp3) is 0.357. The summed E-state index contributed by atoms with van der Waals surface area (Å²) in [5.74, 6) is -0.0786. The maximum Gasteiger partial charge on any atom is 0.336 e. The Morgan fingerprint density at radius 1 is 1.32 bits per heavy atom. The number of fused-ring (bicyclic) bond motifs is 1. The van der Waals surface area contributed by atoms with Crippen molar-refractivity contribution < 1.29 is 19.7 Å². The second-order valence-electron chi connectivity index (χ2n) is 5.15. The number of aliphatic hydroxyl groups is 2. The summed E-state index contributed by atoms with van der Waals surface area (Å²) in [5.41, 5.74) is -0.983. The van der Waals surface area contributed by atoms with E-state index in [2.05, 4.69) is 0 Å². The predicted molar refractivity (Wildman–Crippen MR) is 70.2 cm³/mol. The summed E-state index contributed by atoms with van der Waals surface area (Å²) in [6.45, 7) is 2.99. The first kappa shape index (κ1) is 13.6. The van der Waals surface area contributed by atoms with Crippen LogP contribution in [0.25, 0.3) is 11.0 Å². The van der Waals surface area contributed by atoms with Crippen molar-refractivity contribution in [3.05, 3.63) is 40.2 Å². The molecule has 0 saturated carbocycles. The fourth-order valence-electron chi connectivity index (χ4n) is 1.77. The van der Waals surface area contributed by atoms with E-state index in [9.17, 15) is 20.1 Å². The summed E-state index contributed by atoms with van der Waals surface area (Å²) in [6, 6.07) is 5.84. The lowest BCUT2D eigenvalue weighted by molar-refractivity contribution is -0.0471. The molecule has 0 fully saturated rings. The van der Waals surface area contributed by atoms with E-state index in [1.165, 1.54) is 26.0 Å². The van der Waals surface area contributed by atoms with E-state index in [4.69, 9.17) is 4.42 Å². The van der Waals surface area contributed by atoms with E-state index in [-0.39, 0.29) is 17.8 Å². The maximum atomic E-state index is 11.1. The number of hydrogen-bond acceptors (Lipinski definition) is 5. The smallest absolute Gasteiger partial charge is 0.336 e. The summed E-state index contributed by atoms with van der Waals surface area (Å²) < 4.78 is 4.94. The quantitative estimate of drug-likeness (QED) is 0.724. The molecule has 5 heteroatoms. The Labute approximate surface area is 109 Å². The van der Waals surface area contributed by atoms with Crippen LogP contribution in [0.5, 0.6) is 5.75 Å². The van der Waals surface area contributed by atoms with E-state index < -0.39 is 17.3 Å². The Kier molecular flexibility index (Phi) is 3.34. The van der Waals surface area contributed by atoms with Crippen molar-refractivity contribution in [2.45, 2.75) is 32.0 Å². The van der Waals surface area contributed by atoms with Gasteiger partial charge in [-0.15, -0.1) is 0 Å². The van der Waals surface area contributed by atoms with Gasteiger partial charge in [-0.25, -0.2) is 4.79 Å². The third kappa shape index (κ3) is 2.94. The number of phenolic OH excluding ortho intramolecular Hbond substituents is 1. The van der Waals surface area contributed by atoms with Gasteiger partial charge in [-0.3, -0.25) is 0 Å². The number of benzene rings is 1. The van der Waals surface area contributed by atoms with Crippen LogP contribution in [0, 0.1) is 0 Å². The van der Waals surface area contributed by atoms with Crippen molar-refractivity contribution in [2.24, 2.45) is 0 Å². The number of aliphatic hydroxyl groups excluding tert-OH is 1. The van der Waals surface area contributed by atoms with Gasteiger partial charge in [0.25, 0.3) is 0 Å². The highest BCUT2D eigenvalue weighted by atomic mass is 16.4. The molecule has 0 aliphatic carbocycles. The summed E-state index contributed by atoms with van der Waals surface area (Å²) in [4.78, 5) is 11.1. The minimum absolute atomic E-state index is 0.0786. The zero-order valence-corrected chi connectivity index (χ0v) is 10.8. The van der Waals surface area contributed by atoms with Gasteiger partial charge in [0.2, 0.25) is 0 Å². The summed E-state index contributed by atoms with van der Waals surface area (Å²) >= 11 is 0. The number of hydrogen-bond donors (Lipinski definition) is 3. The molecule has 1 aromatic heterocycles. The number of aromatic hydroxyl groups is 1. The van der Waals surface area contributed by atoms with Gasteiger partial charge in [-0.05, 0) is 31.5 Å². The van der Waals surface area contributed by atoms with E-state index in [1.54, 1.807) is 12.1 Å². The summed E-state index contributed by atoms with van der Waals surface area (Å²) in [6.07, 6.45) is -0.906.